The number of hydrogen-bond acceptors (Lipinski definition) is 3. The maximum absolute atomic E-state index is 12.0. The first-order chi connectivity index (χ1) is 10.8. The van der Waals surface area contributed by atoms with Gasteiger partial charge in [0.1, 0.15) is 0 Å². The molecule has 0 aliphatic carbocycles. The van der Waals surface area contributed by atoms with E-state index in [0.29, 0.717) is 6.42 Å². The molecule has 2 aliphatic heterocycles. The molecule has 4 rings (SSSR count). The third-order valence-electron chi connectivity index (χ3n) is 4.56. The lowest BCUT2D eigenvalue weighted by atomic mass is 9.94. The third kappa shape index (κ3) is 2.11. The van der Waals surface area contributed by atoms with E-state index < -0.39 is 0 Å². The van der Waals surface area contributed by atoms with Crippen LogP contribution < -0.4 is 10.2 Å². The molecule has 0 saturated heterocycles. The van der Waals surface area contributed by atoms with Crippen molar-refractivity contribution in [2.24, 2.45) is 0 Å². The van der Waals surface area contributed by atoms with Gasteiger partial charge in [-0.1, -0.05) is 0 Å². The van der Waals surface area contributed by atoms with Crippen molar-refractivity contribution in [3.63, 3.8) is 0 Å². The predicted octanol–water partition coefficient (Wildman–Crippen LogP) is 2.30. The minimum atomic E-state index is 0.275. The van der Waals surface area contributed by atoms with Gasteiger partial charge in [0.15, 0.2) is 0 Å². The summed E-state index contributed by atoms with van der Waals surface area (Å²) in [6, 6.07) is 6.67. The van der Waals surface area contributed by atoms with Crippen molar-refractivity contribution in [1.29, 1.82) is 0 Å². The van der Waals surface area contributed by atoms with Crippen molar-refractivity contribution in [3.8, 4) is 11.1 Å². The predicted molar refractivity (Wildman–Crippen MR) is 86.8 cm³/mol. The van der Waals surface area contributed by atoms with Crippen LogP contribution in [0.25, 0.3) is 11.1 Å². The SMILES string of the molecule is CNCc1cncc(-c2cc3c4c(c2)CCN4C(=O)CC3)c1. The summed E-state index contributed by atoms with van der Waals surface area (Å²) < 4.78 is 0. The number of aromatic nitrogens is 1. The van der Waals surface area contributed by atoms with Gasteiger partial charge in [0.05, 0.1) is 5.69 Å². The van der Waals surface area contributed by atoms with E-state index in [0.717, 1.165) is 31.5 Å². The van der Waals surface area contributed by atoms with Gasteiger partial charge in [0.2, 0.25) is 5.91 Å². The summed E-state index contributed by atoms with van der Waals surface area (Å²) in [5.74, 6) is 0.275. The Kier molecular flexibility index (Phi) is 3.19. The number of benzene rings is 1. The number of nitrogens with zero attached hydrogens (tertiary/aromatic N) is 2. The van der Waals surface area contributed by atoms with Crippen LogP contribution in [0.2, 0.25) is 0 Å². The smallest absolute Gasteiger partial charge is 0.227 e. The van der Waals surface area contributed by atoms with E-state index in [1.54, 1.807) is 0 Å². The Hall–Kier alpha value is -2.20. The molecule has 0 atom stereocenters. The van der Waals surface area contributed by atoms with Crippen LogP contribution in [0.1, 0.15) is 23.1 Å². The summed E-state index contributed by atoms with van der Waals surface area (Å²) in [4.78, 5) is 18.3. The lowest BCUT2D eigenvalue weighted by molar-refractivity contribution is -0.118. The second-order valence-electron chi connectivity index (χ2n) is 6.05. The summed E-state index contributed by atoms with van der Waals surface area (Å²) in [5, 5.41) is 3.16. The summed E-state index contributed by atoms with van der Waals surface area (Å²) >= 11 is 0. The van der Waals surface area contributed by atoms with Crippen molar-refractivity contribution in [2.45, 2.75) is 25.8 Å². The zero-order valence-corrected chi connectivity index (χ0v) is 12.7. The molecule has 4 nitrogen and oxygen atoms in total. The fourth-order valence-corrected chi connectivity index (χ4v) is 3.57. The van der Waals surface area contributed by atoms with Crippen LogP contribution >= 0.6 is 0 Å². The van der Waals surface area contributed by atoms with E-state index in [1.165, 1.54) is 27.9 Å². The highest BCUT2D eigenvalue weighted by atomic mass is 16.2. The minimum Gasteiger partial charge on any atom is -0.316 e. The molecule has 1 aromatic heterocycles. The van der Waals surface area contributed by atoms with Gasteiger partial charge in [-0.25, -0.2) is 0 Å². The molecule has 4 heteroatoms. The van der Waals surface area contributed by atoms with Crippen LogP contribution in [-0.2, 0) is 24.2 Å². The Morgan fingerprint density at radius 1 is 1.09 bits per heavy atom. The highest BCUT2D eigenvalue weighted by Gasteiger charge is 2.31. The Morgan fingerprint density at radius 3 is 2.73 bits per heavy atom. The average Bonchev–Trinajstić information content (AvgIpc) is 2.97. The molecule has 0 spiro atoms. The third-order valence-corrected chi connectivity index (χ3v) is 4.56. The van der Waals surface area contributed by atoms with Crippen molar-refractivity contribution >= 4 is 11.6 Å². The largest absolute Gasteiger partial charge is 0.316 e. The molecule has 112 valence electrons. The number of pyridine rings is 1. The maximum Gasteiger partial charge on any atom is 0.227 e. The first-order valence-corrected chi connectivity index (χ1v) is 7.81. The van der Waals surface area contributed by atoms with Crippen molar-refractivity contribution < 1.29 is 4.79 Å². The fourth-order valence-electron chi connectivity index (χ4n) is 3.57. The Morgan fingerprint density at radius 2 is 1.91 bits per heavy atom. The average molecular weight is 293 g/mol. The zero-order chi connectivity index (χ0) is 15.1. The molecule has 2 aliphatic rings. The van der Waals surface area contributed by atoms with Gasteiger partial charge in [-0.15, -0.1) is 0 Å². The number of nitrogens with one attached hydrogen (secondary N) is 1. The van der Waals surface area contributed by atoms with Gasteiger partial charge < -0.3 is 10.2 Å². The summed E-state index contributed by atoms with van der Waals surface area (Å²) in [6.07, 6.45) is 6.28. The van der Waals surface area contributed by atoms with Crippen molar-refractivity contribution in [2.75, 3.05) is 18.5 Å². The quantitative estimate of drug-likeness (QED) is 0.944. The van der Waals surface area contributed by atoms with E-state index in [9.17, 15) is 4.79 Å². The number of anilines is 1. The highest BCUT2D eigenvalue weighted by Crippen LogP contribution is 2.39. The lowest BCUT2D eigenvalue weighted by Crippen LogP contribution is -2.32. The molecule has 0 radical (unpaired) electrons. The van der Waals surface area contributed by atoms with Crippen LogP contribution in [0.15, 0.2) is 30.6 Å². The highest BCUT2D eigenvalue weighted by molar-refractivity contribution is 5.99. The molecule has 0 unspecified atom stereocenters. The van der Waals surface area contributed by atoms with Gasteiger partial charge in [0, 0.05) is 37.5 Å². The molecular formula is C18H19N3O. The molecule has 22 heavy (non-hydrogen) atoms. The number of hydrogen-bond donors (Lipinski definition) is 1. The standard InChI is InChI=1S/C18H19N3O/c1-19-9-12-6-16(11-20-10-12)15-7-13-2-3-17(22)21-5-4-14(8-15)18(13)21/h6-8,10-11,19H,2-5,9H2,1H3. The number of carbonyl (C=O) groups is 1. The van der Waals surface area contributed by atoms with Gasteiger partial charge in [-0.05, 0) is 60.3 Å². The number of carbonyl (C=O) groups excluding carboxylic acids is 1. The molecule has 0 fully saturated rings. The van der Waals surface area contributed by atoms with Crippen LogP contribution in [0.4, 0.5) is 5.69 Å². The fraction of sp³-hybridized carbons (Fsp3) is 0.333. The van der Waals surface area contributed by atoms with Crippen molar-refractivity contribution in [1.82, 2.24) is 10.3 Å². The number of aryl methyl sites for hydroxylation is 1. The van der Waals surface area contributed by atoms with E-state index in [1.807, 2.05) is 24.3 Å². The van der Waals surface area contributed by atoms with Gasteiger partial charge >= 0.3 is 0 Å². The topological polar surface area (TPSA) is 45.2 Å². The van der Waals surface area contributed by atoms with E-state index in [-0.39, 0.29) is 5.91 Å². The summed E-state index contributed by atoms with van der Waals surface area (Å²) in [7, 11) is 1.94. The second-order valence-corrected chi connectivity index (χ2v) is 6.05. The Labute approximate surface area is 130 Å². The maximum atomic E-state index is 12.0. The van der Waals surface area contributed by atoms with Crippen molar-refractivity contribution in [3.05, 3.63) is 47.3 Å². The van der Waals surface area contributed by atoms with Crippen LogP contribution in [0.5, 0.6) is 0 Å². The molecule has 1 N–H and O–H groups in total. The molecule has 1 aromatic carbocycles. The first-order valence-electron chi connectivity index (χ1n) is 7.81. The van der Waals surface area contributed by atoms with E-state index in [4.69, 9.17) is 0 Å². The van der Waals surface area contributed by atoms with Gasteiger partial charge in [-0.3, -0.25) is 9.78 Å². The number of amides is 1. The van der Waals surface area contributed by atoms with E-state index in [2.05, 4.69) is 28.5 Å². The zero-order valence-electron chi connectivity index (χ0n) is 12.7. The second kappa shape index (κ2) is 5.21. The number of rotatable bonds is 3. The Balaban J connectivity index is 1.79. The van der Waals surface area contributed by atoms with Gasteiger partial charge in [0.25, 0.3) is 0 Å². The molecule has 3 heterocycles. The van der Waals surface area contributed by atoms with E-state index >= 15 is 0 Å². The molecule has 0 bridgehead atoms. The van der Waals surface area contributed by atoms with Crippen LogP contribution in [0, 0.1) is 0 Å². The van der Waals surface area contributed by atoms with Crippen LogP contribution in [-0.4, -0.2) is 24.5 Å². The molecule has 1 amide bonds. The molecule has 0 saturated carbocycles. The normalized spacial score (nSPS) is 16.0. The summed E-state index contributed by atoms with van der Waals surface area (Å²) in [5.41, 5.74) is 7.35. The Bertz CT molecular complexity index is 754. The molecular weight excluding hydrogens is 274 g/mol. The molecule has 2 aromatic rings. The van der Waals surface area contributed by atoms with Crippen LogP contribution in [0.3, 0.4) is 0 Å². The monoisotopic (exact) mass is 293 g/mol. The minimum absolute atomic E-state index is 0.275. The van der Waals surface area contributed by atoms with Gasteiger partial charge in [-0.2, -0.15) is 0 Å². The lowest BCUT2D eigenvalue weighted by Gasteiger charge is -2.25. The summed E-state index contributed by atoms with van der Waals surface area (Å²) in [6.45, 7) is 1.66. The first kappa shape index (κ1) is 13.5.